The molecule has 150 valence electrons. The first-order valence-electron chi connectivity index (χ1n) is 10.00. The first-order valence-corrected chi connectivity index (χ1v) is 10.00. The molecule has 0 radical (unpaired) electrons. The monoisotopic (exact) mass is 394 g/mol. The molecule has 2 aliphatic rings. The number of rotatable bonds is 2. The Morgan fingerprint density at radius 3 is 2.97 bits per heavy atom. The van der Waals surface area contributed by atoms with E-state index in [1.807, 2.05) is 0 Å². The highest BCUT2D eigenvalue weighted by atomic mass is 19.1. The highest BCUT2D eigenvalue weighted by Gasteiger charge is 2.30. The van der Waals surface area contributed by atoms with Gasteiger partial charge in [0.05, 0.1) is 0 Å². The molecule has 2 aliphatic heterocycles. The zero-order valence-corrected chi connectivity index (χ0v) is 16.3. The van der Waals surface area contributed by atoms with Gasteiger partial charge in [0.2, 0.25) is 0 Å². The van der Waals surface area contributed by atoms with Crippen molar-refractivity contribution in [2.24, 2.45) is 7.05 Å². The number of amides is 2. The first kappa shape index (κ1) is 18.1. The number of anilines is 2. The second kappa shape index (κ2) is 7.11. The van der Waals surface area contributed by atoms with E-state index in [-0.39, 0.29) is 6.03 Å². The van der Waals surface area contributed by atoms with Crippen molar-refractivity contribution in [3.8, 4) is 0 Å². The van der Waals surface area contributed by atoms with Crippen molar-refractivity contribution in [1.29, 1.82) is 0 Å². The van der Waals surface area contributed by atoms with Crippen LogP contribution < -0.4 is 15.5 Å². The molecule has 1 fully saturated rings. The van der Waals surface area contributed by atoms with Crippen LogP contribution in [0.25, 0.3) is 10.9 Å². The van der Waals surface area contributed by atoms with Gasteiger partial charge in [0.15, 0.2) is 5.82 Å². The maximum atomic E-state index is 14.3. The second-order valence-electron chi connectivity index (χ2n) is 7.76. The fourth-order valence-electron chi connectivity index (χ4n) is 4.50. The molecule has 4 heterocycles. The van der Waals surface area contributed by atoms with Crippen LogP contribution in [-0.4, -0.2) is 40.4 Å². The largest absolute Gasteiger partial charge is 0.327 e. The molecule has 0 aliphatic carbocycles. The van der Waals surface area contributed by atoms with Crippen LogP contribution in [0.4, 0.5) is 20.7 Å². The van der Waals surface area contributed by atoms with Crippen LogP contribution >= 0.6 is 0 Å². The van der Waals surface area contributed by atoms with Crippen molar-refractivity contribution in [3.63, 3.8) is 0 Å². The summed E-state index contributed by atoms with van der Waals surface area (Å²) < 4.78 is 15.9. The summed E-state index contributed by atoms with van der Waals surface area (Å²) in [5.41, 5.74) is 3.19. The van der Waals surface area contributed by atoms with Crippen LogP contribution in [0.15, 0.2) is 30.6 Å². The van der Waals surface area contributed by atoms with Crippen molar-refractivity contribution in [2.75, 3.05) is 29.9 Å². The van der Waals surface area contributed by atoms with E-state index >= 15 is 0 Å². The lowest BCUT2D eigenvalue weighted by molar-refractivity contribution is 0.257. The predicted molar refractivity (Wildman–Crippen MR) is 110 cm³/mol. The highest BCUT2D eigenvalue weighted by molar-refractivity contribution is 6.03. The molecule has 1 saturated heterocycles. The van der Waals surface area contributed by atoms with Gasteiger partial charge in [0.1, 0.15) is 11.3 Å². The van der Waals surface area contributed by atoms with E-state index in [9.17, 15) is 9.18 Å². The van der Waals surface area contributed by atoms with Gasteiger partial charge in [-0.05, 0) is 62.0 Å². The lowest BCUT2D eigenvalue weighted by Gasteiger charge is -2.25. The summed E-state index contributed by atoms with van der Waals surface area (Å²) in [6, 6.07) is 4.85. The third kappa shape index (κ3) is 3.23. The van der Waals surface area contributed by atoms with E-state index in [2.05, 4.69) is 26.8 Å². The van der Waals surface area contributed by atoms with E-state index in [4.69, 9.17) is 0 Å². The Labute approximate surface area is 167 Å². The SMILES string of the molecule is Cn1cc2cc(NC(=O)N3CCc4c(C5CCNCC5)ccnc43)cc(F)c2n1. The molecule has 2 amide bonds. The van der Waals surface area contributed by atoms with Gasteiger partial charge in [-0.1, -0.05) is 0 Å². The van der Waals surface area contributed by atoms with Crippen molar-refractivity contribution in [1.82, 2.24) is 20.1 Å². The first-order chi connectivity index (χ1) is 14.1. The Kier molecular flexibility index (Phi) is 4.43. The minimum atomic E-state index is -0.452. The van der Waals surface area contributed by atoms with Crippen molar-refractivity contribution in [3.05, 3.63) is 47.5 Å². The Hall–Kier alpha value is -3.00. The Morgan fingerprint density at radius 1 is 1.31 bits per heavy atom. The summed E-state index contributed by atoms with van der Waals surface area (Å²) in [6.45, 7) is 2.62. The molecule has 2 N–H and O–H groups in total. The number of fused-ring (bicyclic) bond motifs is 2. The van der Waals surface area contributed by atoms with Gasteiger partial charge in [-0.15, -0.1) is 0 Å². The summed E-state index contributed by atoms with van der Waals surface area (Å²) in [5.74, 6) is 0.783. The summed E-state index contributed by atoms with van der Waals surface area (Å²) in [6.07, 6.45) is 6.53. The van der Waals surface area contributed by atoms with Gasteiger partial charge in [-0.3, -0.25) is 9.58 Å². The van der Waals surface area contributed by atoms with Crippen LogP contribution in [0, 0.1) is 5.82 Å². The number of urea groups is 1. The molecule has 2 aromatic heterocycles. The van der Waals surface area contributed by atoms with E-state index in [1.54, 1.807) is 35.1 Å². The standard InChI is InChI=1S/C21H23FN6O/c1-27-12-14-10-15(11-18(22)19(14)26-27)25-21(29)28-9-5-17-16(4-8-24-20(17)28)13-2-6-23-7-3-13/h4,8,10-13,23H,2-3,5-7,9H2,1H3,(H,25,29). The number of nitrogens with one attached hydrogen (secondary N) is 2. The van der Waals surface area contributed by atoms with Crippen LogP contribution in [0.5, 0.6) is 0 Å². The summed E-state index contributed by atoms with van der Waals surface area (Å²) in [5, 5.41) is 11.0. The summed E-state index contributed by atoms with van der Waals surface area (Å²) in [7, 11) is 1.74. The molecule has 8 heteroatoms. The number of carbonyl (C=O) groups is 1. The topological polar surface area (TPSA) is 75.1 Å². The van der Waals surface area contributed by atoms with E-state index in [1.165, 1.54) is 17.2 Å². The number of aryl methyl sites for hydroxylation is 1. The van der Waals surface area contributed by atoms with Crippen molar-refractivity contribution < 1.29 is 9.18 Å². The van der Waals surface area contributed by atoms with Gasteiger partial charge in [0.25, 0.3) is 0 Å². The van der Waals surface area contributed by atoms with E-state index < -0.39 is 5.82 Å². The van der Waals surface area contributed by atoms with Crippen LogP contribution in [0.2, 0.25) is 0 Å². The normalized spacial score (nSPS) is 17.0. The number of aromatic nitrogens is 3. The van der Waals surface area contributed by atoms with Gasteiger partial charge in [-0.2, -0.15) is 5.10 Å². The molecule has 0 unspecified atom stereocenters. The smallest absolute Gasteiger partial charge is 0.317 e. The molecule has 3 aromatic rings. The minimum Gasteiger partial charge on any atom is -0.317 e. The second-order valence-corrected chi connectivity index (χ2v) is 7.76. The number of halogens is 1. The van der Waals surface area contributed by atoms with Gasteiger partial charge < -0.3 is 10.6 Å². The summed E-state index contributed by atoms with van der Waals surface area (Å²) in [4.78, 5) is 19.1. The van der Waals surface area contributed by atoms with E-state index in [0.29, 0.717) is 29.1 Å². The number of benzene rings is 1. The third-order valence-corrected chi connectivity index (χ3v) is 5.86. The molecule has 1 aromatic carbocycles. The molecule has 0 atom stereocenters. The quantitative estimate of drug-likeness (QED) is 0.700. The van der Waals surface area contributed by atoms with Crippen LogP contribution in [0.1, 0.15) is 29.9 Å². The number of piperidine rings is 1. The van der Waals surface area contributed by atoms with Gasteiger partial charge in [-0.25, -0.2) is 14.2 Å². The number of carbonyl (C=O) groups excluding carboxylic acids is 1. The molecular formula is C21H23FN6O. The molecule has 0 saturated carbocycles. The van der Waals surface area contributed by atoms with Crippen molar-refractivity contribution in [2.45, 2.75) is 25.2 Å². The summed E-state index contributed by atoms with van der Waals surface area (Å²) >= 11 is 0. The Morgan fingerprint density at radius 2 is 2.14 bits per heavy atom. The fraction of sp³-hybridized carbons (Fsp3) is 0.381. The number of hydrogen-bond acceptors (Lipinski definition) is 4. The average Bonchev–Trinajstić information content (AvgIpc) is 3.32. The van der Waals surface area contributed by atoms with E-state index in [0.717, 1.165) is 38.2 Å². The van der Waals surface area contributed by atoms with Gasteiger partial charge in [0, 0.05) is 42.6 Å². The molecule has 7 nitrogen and oxygen atoms in total. The van der Waals surface area contributed by atoms with Crippen molar-refractivity contribution >= 4 is 28.4 Å². The molecular weight excluding hydrogens is 371 g/mol. The van der Waals surface area contributed by atoms with Crippen LogP contribution in [-0.2, 0) is 13.5 Å². The molecule has 0 spiro atoms. The molecule has 0 bridgehead atoms. The minimum absolute atomic E-state index is 0.290. The maximum absolute atomic E-state index is 14.3. The lowest BCUT2D eigenvalue weighted by Crippen LogP contribution is -2.33. The fourth-order valence-corrected chi connectivity index (χ4v) is 4.50. The average molecular weight is 394 g/mol. The predicted octanol–water partition coefficient (Wildman–Crippen LogP) is 3.17. The Bertz CT molecular complexity index is 1090. The van der Waals surface area contributed by atoms with Crippen LogP contribution in [0.3, 0.4) is 0 Å². The lowest BCUT2D eigenvalue weighted by atomic mass is 9.87. The number of hydrogen-bond donors (Lipinski definition) is 2. The Balaban J connectivity index is 1.40. The third-order valence-electron chi connectivity index (χ3n) is 5.86. The molecule has 5 rings (SSSR count). The maximum Gasteiger partial charge on any atom is 0.327 e. The number of pyridine rings is 1. The number of nitrogens with zero attached hydrogens (tertiary/aromatic N) is 4. The highest BCUT2D eigenvalue weighted by Crippen LogP contribution is 2.36. The zero-order valence-electron chi connectivity index (χ0n) is 16.3. The zero-order chi connectivity index (χ0) is 20.0. The van der Waals surface area contributed by atoms with Gasteiger partial charge >= 0.3 is 6.03 Å². The molecule has 29 heavy (non-hydrogen) atoms.